The SMILES string of the molecule is O[C@H]1CC[C@H](c2ccc(OCCCCCCOC3CCCCO3)cc2)CC1. The number of hydrogen-bond acceptors (Lipinski definition) is 4. The van der Waals surface area contributed by atoms with Gasteiger partial charge in [-0.1, -0.05) is 18.6 Å². The summed E-state index contributed by atoms with van der Waals surface area (Å²) >= 11 is 0. The lowest BCUT2D eigenvalue weighted by molar-refractivity contribution is -0.162. The molecular weight excluding hydrogens is 340 g/mol. The number of hydrogen-bond donors (Lipinski definition) is 1. The second kappa shape index (κ2) is 11.7. The monoisotopic (exact) mass is 376 g/mol. The van der Waals surface area contributed by atoms with Crippen LogP contribution in [0.5, 0.6) is 5.75 Å². The van der Waals surface area contributed by atoms with Crippen LogP contribution in [0.3, 0.4) is 0 Å². The summed E-state index contributed by atoms with van der Waals surface area (Å²) in [4.78, 5) is 0. The maximum atomic E-state index is 9.63. The maximum Gasteiger partial charge on any atom is 0.157 e. The summed E-state index contributed by atoms with van der Waals surface area (Å²) in [5.74, 6) is 1.57. The van der Waals surface area contributed by atoms with Gasteiger partial charge in [-0.15, -0.1) is 0 Å². The fraction of sp³-hybridized carbons (Fsp3) is 0.739. The molecule has 2 fully saturated rings. The van der Waals surface area contributed by atoms with Crippen molar-refractivity contribution in [1.29, 1.82) is 0 Å². The summed E-state index contributed by atoms with van der Waals surface area (Å²) in [7, 11) is 0. The lowest BCUT2D eigenvalue weighted by Gasteiger charge is -2.25. The molecule has 2 aliphatic rings. The maximum absolute atomic E-state index is 9.63. The molecule has 0 radical (unpaired) electrons. The summed E-state index contributed by atoms with van der Waals surface area (Å²) in [5.41, 5.74) is 1.39. The topological polar surface area (TPSA) is 47.9 Å². The standard InChI is InChI=1S/C23H36O4/c24-21-12-8-19(9-13-21)20-10-14-22(15-11-20)25-16-4-1-2-5-17-26-23-7-3-6-18-27-23/h10-11,14-15,19,21,23-24H,1-9,12-13,16-18H2/t19-,21-,23?. The van der Waals surface area contributed by atoms with E-state index < -0.39 is 0 Å². The van der Waals surface area contributed by atoms with Gasteiger partial charge in [0, 0.05) is 13.2 Å². The van der Waals surface area contributed by atoms with Gasteiger partial charge in [0.05, 0.1) is 12.7 Å². The van der Waals surface area contributed by atoms with Gasteiger partial charge in [0.15, 0.2) is 6.29 Å². The van der Waals surface area contributed by atoms with E-state index in [9.17, 15) is 5.11 Å². The van der Waals surface area contributed by atoms with Crippen LogP contribution in [0.1, 0.15) is 82.1 Å². The second-order valence-corrected chi connectivity index (χ2v) is 8.00. The van der Waals surface area contributed by atoms with Crippen LogP contribution >= 0.6 is 0 Å². The van der Waals surface area contributed by atoms with Gasteiger partial charge < -0.3 is 19.3 Å². The van der Waals surface area contributed by atoms with Gasteiger partial charge in [0.2, 0.25) is 0 Å². The van der Waals surface area contributed by atoms with Crippen LogP contribution in [0.4, 0.5) is 0 Å². The summed E-state index contributed by atoms with van der Waals surface area (Å²) in [6.45, 7) is 2.44. The third-order valence-electron chi connectivity index (χ3n) is 5.80. The van der Waals surface area contributed by atoms with Crippen molar-refractivity contribution < 1.29 is 19.3 Å². The average molecular weight is 377 g/mol. The van der Waals surface area contributed by atoms with Crippen molar-refractivity contribution in [2.45, 2.75) is 88.9 Å². The summed E-state index contributed by atoms with van der Waals surface area (Å²) < 4.78 is 17.2. The largest absolute Gasteiger partial charge is 0.494 e. The van der Waals surface area contributed by atoms with Crippen LogP contribution in [0.25, 0.3) is 0 Å². The highest BCUT2D eigenvalue weighted by atomic mass is 16.7. The number of unbranched alkanes of at least 4 members (excludes halogenated alkanes) is 3. The molecule has 0 amide bonds. The Bertz CT molecular complexity index is 502. The smallest absolute Gasteiger partial charge is 0.157 e. The Morgan fingerprint density at radius 3 is 2.30 bits per heavy atom. The Morgan fingerprint density at radius 2 is 1.59 bits per heavy atom. The lowest BCUT2D eigenvalue weighted by atomic mass is 9.83. The minimum atomic E-state index is -0.0870. The zero-order valence-electron chi connectivity index (χ0n) is 16.6. The van der Waals surface area contributed by atoms with E-state index in [-0.39, 0.29) is 12.4 Å². The Labute approximate surface area is 164 Å². The third-order valence-corrected chi connectivity index (χ3v) is 5.80. The van der Waals surface area contributed by atoms with Gasteiger partial charge >= 0.3 is 0 Å². The van der Waals surface area contributed by atoms with Crippen molar-refractivity contribution in [2.75, 3.05) is 19.8 Å². The molecule has 1 saturated heterocycles. The van der Waals surface area contributed by atoms with Crippen molar-refractivity contribution in [3.8, 4) is 5.75 Å². The second-order valence-electron chi connectivity index (χ2n) is 8.00. The molecule has 152 valence electrons. The first-order valence-electron chi connectivity index (χ1n) is 11.0. The molecule has 3 rings (SSSR count). The molecule has 1 saturated carbocycles. The van der Waals surface area contributed by atoms with Crippen molar-refractivity contribution in [3.63, 3.8) is 0 Å². The molecule has 4 nitrogen and oxygen atoms in total. The van der Waals surface area contributed by atoms with Gasteiger partial charge in [-0.05, 0) is 87.8 Å². The molecule has 1 unspecified atom stereocenters. The average Bonchev–Trinajstić information content (AvgIpc) is 2.72. The van der Waals surface area contributed by atoms with E-state index in [0.29, 0.717) is 5.92 Å². The first-order valence-corrected chi connectivity index (χ1v) is 11.0. The van der Waals surface area contributed by atoms with Crippen LogP contribution in [-0.4, -0.2) is 37.3 Å². The predicted octanol–water partition coefficient (Wildman–Crippen LogP) is 5.19. The van der Waals surface area contributed by atoms with E-state index >= 15 is 0 Å². The van der Waals surface area contributed by atoms with Gasteiger partial charge in [-0.2, -0.15) is 0 Å². The number of ether oxygens (including phenoxy) is 3. The van der Waals surface area contributed by atoms with E-state index in [0.717, 1.165) is 70.5 Å². The van der Waals surface area contributed by atoms with Gasteiger partial charge in [0.1, 0.15) is 5.75 Å². The normalized spacial score (nSPS) is 26.0. The molecule has 1 aromatic carbocycles. The molecule has 0 bridgehead atoms. The molecule has 4 heteroatoms. The lowest BCUT2D eigenvalue weighted by Crippen LogP contribution is -2.22. The third kappa shape index (κ3) is 7.44. The van der Waals surface area contributed by atoms with Gasteiger partial charge in [0.25, 0.3) is 0 Å². The van der Waals surface area contributed by atoms with Crippen molar-refractivity contribution in [1.82, 2.24) is 0 Å². The number of aliphatic hydroxyl groups excluding tert-OH is 1. The molecule has 1 aliphatic carbocycles. The van der Waals surface area contributed by atoms with Crippen molar-refractivity contribution >= 4 is 0 Å². The Morgan fingerprint density at radius 1 is 0.852 bits per heavy atom. The van der Waals surface area contributed by atoms with Crippen LogP contribution in [-0.2, 0) is 9.47 Å². The minimum Gasteiger partial charge on any atom is -0.494 e. The zero-order valence-corrected chi connectivity index (χ0v) is 16.6. The summed E-state index contributed by atoms with van der Waals surface area (Å²) in [6, 6.07) is 8.58. The minimum absolute atomic E-state index is 0.0451. The molecule has 1 heterocycles. The van der Waals surface area contributed by atoms with Crippen molar-refractivity contribution in [2.24, 2.45) is 0 Å². The quantitative estimate of drug-likeness (QED) is 0.571. The summed E-state index contributed by atoms with van der Waals surface area (Å²) in [5, 5.41) is 9.63. The van der Waals surface area contributed by atoms with Crippen LogP contribution < -0.4 is 4.74 Å². The Hall–Kier alpha value is -1.10. The first kappa shape index (κ1) is 20.6. The predicted molar refractivity (Wildman–Crippen MR) is 107 cm³/mol. The van der Waals surface area contributed by atoms with E-state index in [1.165, 1.54) is 31.2 Å². The molecule has 27 heavy (non-hydrogen) atoms. The fourth-order valence-corrected chi connectivity index (χ4v) is 4.05. The molecule has 0 aromatic heterocycles. The number of aliphatic hydroxyl groups is 1. The first-order chi connectivity index (χ1) is 13.3. The highest BCUT2D eigenvalue weighted by molar-refractivity contribution is 5.29. The molecule has 0 spiro atoms. The van der Waals surface area contributed by atoms with E-state index in [1.807, 2.05) is 0 Å². The fourth-order valence-electron chi connectivity index (χ4n) is 4.05. The molecule has 1 N–H and O–H groups in total. The zero-order chi connectivity index (χ0) is 18.7. The van der Waals surface area contributed by atoms with E-state index in [1.54, 1.807) is 0 Å². The van der Waals surface area contributed by atoms with Crippen LogP contribution in [0, 0.1) is 0 Å². The molecular formula is C23H36O4. The molecule has 1 aliphatic heterocycles. The summed E-state index contributed by atoms with van der Waals surface area (Å²) in [6.07, 6.45) is 12.0. The van der Waals surface area contributed by atoms with Gasteiger partial charge in [-0.25, -0.2) is 0 Å². The molecule has 1 aromatic rings. The molecule has 1 atom stereocenters. The van der Waals surface area contributed by atoms with Crippen molar-refractivity contribution in [3.05, 3.63) is 29.8 Å². The highest BCUT2D eigenvalue weighted by Crippen LogP contribution is 2.33. The van der Waals surface area contributed by atoms with E-state index in [4.69, 9.17) is 14.2 Å². The van der Waals surface area contributed by atoms with Gasteiger partial charge in [-0.3, -0.25) is 0 Å². The van der Waals surface area contributed by atoms with Crippen LogP contribution in [0.15, 0.2) is 24.3 Å². The van der Waals surface area contributed by atoms with E-state index in [2.05, 4.69) is 24.3 Å². The Kier molecular flexibility index (Phi) is 8.92. The number of rotatable bonds is 10. The highest BCUT2D eigenvalue weighted by Gasteiger charge is 2.20. The number of benzene rings is 1. The Balaban J connectivity index is 1.21. The van der Waals surface area contributed by atoms with Crippen LogP contribution in [0.2, 0.25) is 0 Å².